The summed E-state index contributed by atoms with van der Waals surface area (Å²) in [5, 5.41) is 4.04. The number of Topliss-reactive ketones (excluding diaryl/α,β-unsaturated/α-hetero) is 1. The largest absolute Gasteiger partial charge is 0.461 e. The van der Waals surface area contributed by atoms with Crippen LogP contribution in [-0.4, -0.2) is 36.5 Å². The Morgan fingerprint density at radius 3 is 2.94 bits per heavy atom. The Bertz CT molecular complexity index is 363. The molecule has 0 spiro atoms. The van der Waals surface area contributed by atoms with Gasteiger partial charge in [0.1, 0.15) is 5.70 Å². The maximum atomic E-state index is 11.7. The molecule has 0 amide bonds. The standard InChI is InChI=1S/C10H14N2O3S/c1-4-15-10(14)7-5-16-6(2)8(13)9(11-3)12-7/h5-6H,4H2,1-3H3,(H,11,12). The summed E-state index contributed by atoms with van der Waals surface area (Å²) in [5.74, 6) is -0.405. The van der Waals surface area contributed by atoms with Crippen molar-refractivity contribution in [2.45, 2.75) is 19.1 Å². The number of carbonyl (C=O) groups is 2. The van der Waals surface area contributed by atoms with Crippen molar-refractivity contribution in [1.29, 1.82) is 0 Å². The first-order valence-electron chi connectivity index (χ1n) is 4.91. The molecular formula is C10H14N2O3S. The van der Waals surface area contributed by atoms with E-state index in [0.717, 1.165) is 0 Å². The number of carbonyl (C=O) groups excluding carboxylic acids is 2. The van der Waals surface area contributed by atoms with Crippen LogP contribution in [0.1, 0.15) is 13.8 Å². The predicted molar refractivity (Wildman–Crippen MR) is 63.3 cm³/mol. The first kappa shape index (κ1) is 12.8. The topological polar surface area (TPSA) is 67.8 Å². The third-order valence-corrected chi connectivity index (χ3v) is 2.96. The van der Waals surface area contributed by atoms with Crippen LogP contribution in [0.4, 0.5) is 0 Å². The van der Waals surface area contributed by atoms with Crippen molar-refractivity contribution >= 4 is 29.4 Å². The molecule has 1 unspecified atom stereocenters. The monoisotopic (exact) mass is 242 g/mol. The number of esters is 1. The number of nitrogens with zero attached hydrogens (tertiary/aromatic N) is 1. The lowest BCUT2D eigenvalue weighted by Gasteiger charge is -2.08. The lowest BCUT2D eigenvalue weighted by atomic mass is 10.2. The van der Waals surface area contributed by atoms with E-state index in [1.165, 1.54) is 18.8 Å². The summed E-state index contributed by atoms with van der Waals surface area (Å²) in [7, 11) is 1.51. The molecule has 0 fully saturated rings. The van der Waals surface area contributed by atoms with Crippen molar-refractivity contribution in [3.8, 4) is 0 Å². The van der Waals surface area contributed by atoms with E-state index >= 15 is 0 Å². The van der Waals surface area contributed by atoms with Crippen LogP contribution in [0.3, 0.4) is 0 Å². The number of amidine groups is 1. The highest BCUT2D eigenvalue weighted by Gasteiger charge is 2.25. The minimum Gasteiger partial charge on any atom is -0.461 e. The van der Waals surface area contributed by atoms with Gasteiger partial charge in [0.05, 0.1) is 11.9 Å². The Kier molecular flexibility index (Phi) is 4.54. The van der Waals surface area contributed by atoms with Gasteiger partial charge in [0.25, 0.3) is 0 Å². The molecule has 0 bridgehead atoms. The van der Waals surface area contributed by atoms with Crippen LogP contribution in [0.2, 0.25) is 0 Å². The minimum absolute atomic E-state index is 0.122. The van der Waals surface area contributed by atoms with Gasteiger partial charge in [-0.25, -0.2) is 4.79 Å². The zero-order valence-corrected chi connectivity index (χ0v) is 10.3. The van der Waals surface area contributed by atoms with Gasteiger partial charge in [0, 0.05) is 12.5 Å². The van der Waals surface area contributed by atoms with Gasteiger partial charge in [-0.05, 0) is 13.8 Å². The summed E-state index contributed by atoms with van der Waals surface area (Å²) in [6.07, 6.45) is 0. The van der Waals surface area contributed by atoms with Crippen molar-refractivity contribution in [2.75, 3.05) is 13.7 Å². The van der Waals surface area contributed by atoms with Crippen LogP contribution in [0.15, 0.2) is 16.1 Å². The number of aliphatic imine (C=N–C) groups is 1. The molecule has 1 rings (SSSR count). The van der Waals surface area contributed by atoms with Crippen LogP contribution >= 0.6 is 11.8 Å². The first-order valence-corrected chi connectivity index (χ1v) is 5.85. The zero-order valence-electron chi connectivity index (χ0n) is 9.44. The van der Waals surface area contributed by atoms with Crippen LogP contribution < -0.4 is 5.32 Å². The molecule has 0 radical (unpaired) electrons. The number of ketones is 1. The third kappa shape index (κ3) is 2.85. The number of ether oxygens (including phenoxy) is 1. The maximum absolute atomic E-state index is 11.7. The van der Waals surface area contributed by atoms with Gasteiger partial charge >= 0.3 is 5.97 Å². The minimum atomic E-state index is -0.474. The Morgan fingerprint density at radius 2 is 2.38 bits per heavy atom. The highest BCUT2D eigenvalue weighted by atomic mass is 32.2. The van der Waals surface area contributed by atoms with E-state index in [4.69, 9.17) is 4.74 Å². The Balaban J connectivity index is 2.89. The second-order valence-corrected chi connectivity index (χ2v) is 4.31. The van der Waals surface area contributed by atoms with Crippen molar-refractivity contribution in [3.05, 3.63) is 11.1 Å². The number of nitrogens with one attached hydrogen (secondary N) is 1. The number of rotatable bonds is 2. The Hall–Kier alpha value is -1.30. The van der Waals surface area contributed by atoms with E-state index in [2.05, 4.69) is 10.3 Å². The van der Waals surface area contributed by atoms with Crippen molar-refractivity contribution < 1.29 is 14.3 Å². The highest BCUT2D eigenvalue weighted by molar-refractivity contribution is 8.03. The third-order valence-electron chi connectivity index (χ3n) is 1.96. The van der Waals surface area contributed by atoms with E-state index in [9.17, 15) is 9.59 Å². The van der Waals surface area contributed by atoms with Crippen LogP contribution in [-0.2, 0) is 14.3 Å². The van der Waals surface area contributed by atoms with Crippen LogP contribution in [0, 0.1) is 0 Å². The van der Waals surface area contributed by atoms with Crippen LogP contribution in [0.25, 0.3) is 0 Å². The van der Waals surface area contributed by atoms with Crippen molar-refractivity contribution in [3.63, 3.8) is 0 Å². The average molecular weight is 242 g/mol. The first-order chi connectivity index (χ1) is 7.60. The SMILES string of the molecule is CCOC(=O)C1=CSC(C)C(=O)C(=NC)N1. The van der Waals surface area contributed by atoms with E-state index in [-0.39, 0.29) is 22.6 Å². The summed E-state index contributed by atoms with van der Waals surface area (Å²) in [6, 6.07) is 0. The van der Waals surface area contributed by atoms with E-state index in [1.54, 1.807) is 19.3 Å². The molecule has 0 saturated heterocycles. The summed E-state index contributed by atoms with van der Waals surface area (Å²) in [5.41, 5.74) is 0.255. The molecular weight excluding hydrogens is 228 g/mol. The van der Waals surface area contributed by atoms with Gasteiger partial charge in [-0.2, -0.15) is 0 Å². The molecule has 1 aliphatic heterocycles. The summed E-state index contributed by atoms with van der Waals surface area (Å²) in [6.45, 7) is 3.79. The molecule has 0 aromatic carbocycles. The van der Waals surface area contributed by atoms with Gasteiger partial charge in [-0.3, -0.25) is 9.79 Å². The number of hydrogen-bond donors (Lipinski definition) is 1. The summed E-state index contributed by atoms with van der Waals surface area (Å²) < 4.78 is 4.85. The second kappa shape index (κ2) is 5.69. The fourth-order valence-corrected chi connectivity index (χ4v) is 1.85. The molecule has 6 heteroatoms. The van der Waals surface area contributed by atoms with Crippen molar-refractivity contribution in [2.24, 2.45) is 4.99 Å². The molecule has 0 aliphatic carbocycles. The van der Waals surface area contributed by atoms with Gasteiger partial charge in [-0.1, -0.05) is 0 Å². The second-order valence-electron chi connectivity index (χ2n) is 3.09. The molecule has 1 N–H and O–H groups in total. The molecule has 88 valence electrons. The molecule has 0 saturated carbocycles. The quantitative estimate of drug-likeness (QED) is 0.722. The zero-order chi connectivity index (χ0) is 12.1. The van der Waals surface area contributed by atoms with Gasteiger partial charge in [0.15, 0.2) is 5.84 Å². The van der Waals surface area contributed by atoms with Gasteiger partial charge in [0.2, 0.25) is 5.78 Å². The number of hydrogen-bond acceptors (Lipinski definition) is 5. The molecule has 0 aromatic heterocycles. The normalized spacial score (nSPS) is 23.4. The summed E-state index contributed by atoms with van der Waals surface area (Å²) in [4.78, 5) is 27.0. The average Bonchev–Trinajstić information content (AvgIpc) is 2.41. The molecule has 1 aliphatic rings. The molecule has 1 heterocycles. The fourth-order valence-electron chi connectivity index (χ4n) is 1.12. The van der Waals surface area contributed by atoms with E-state index in [1.807, 2.05) is 0 Å². The lowest BCUT2D eigenvalue weighted by molar-refractivity contribution is -0.138. The number of thioether (sulfide) groups is 1. The summed E-state index contributed by atoms with van der Waals surface area (Å²) >= 11 is 1.27. The smallest absolute Gasteiger partial charge is 0.355 e. The molecule has 0 aromatic rings. The Morgan fingerprint density at radius 1 is 1.69 bits per heavy atom. The lowest BCUT2D eigenvalue weighted by Crippen LogP contribution is -2.35. The van der Waals surface area contributed by atoms with Crippen LogP contribution in [0.5, 0.6) is 0 Å². The molecule has 16 heavy (non-hydrogen) atoms. The molecule has 5 nitrogen and oxygen atoms in total. The van der Waals surface area contributed by atoms with E-state index < -0.39 is 5.97 Å². The van der Waals surface area contributed by atoms with Gasteiger partial charge in [-0.15, -0.1) is 11.8 Å². The molecule has 1 atom stereocenters. The Labute approximate surface area is 98.3 Å². The maximum Gasteiger partial charge on any atom is 0.355 e. The predicted octanol–water partition coefficient (Wildman–Crippen LogP) is 0.713. The highest BCUT2D eigenvalue weighted by Crippen LogP contribution is 2.19. The fraction of sp³-hybridized carbons (Fsp3) is 0.500. The van der Waals surface area contributed by atoms with E-state index in [0.29, 0.717) is 6.61 Å². The van der Waals surface area contributed by atoms with Crippen molar-refractivity contribution in [1.82, 2.24) is 5.32 Å². The van der Waals surface area contributed by atoms with Gasteiger partial charge < -0.3 is 10.1 Å².